The maximum atomic E-state index is 13.1. The first-order chi connectivity index (χ1) is 13.3. The number of non-ortho nitro benzene ring substituents is 1. The van der Waals surface area contributed by atoms with Crippen LogP contribution in [0.15, 0.2) is 48.5 Å². The Morgan fingerprint density at radius 2 is 1.76 bits per heavy atom. The number of hydrogen-bond donors (Lipinski definition) is 0. The zero-order valence-corrected chi connectivity index (χ0v) is 15.8. The minimum Gasteiger partial charge on any atom is -0.457 e. The number of nitro groups is 1. The zero-order chi connectivity index (χ0) is 21.6. The molecule has 0 aromatic heterocycles. The number of ether oxygens (including phenoxy) is 2. The predicted octanol–water partition coefficient (Wildman–Crippen LogP) is 4.92. The molecule has 1 fully saturated rings. The summed E-state index contributed by atoms with van der Waals surface area (Å²) in [4.78, 5) is 23.2. The van der Waals surface area contributed by atoms with Gasteiger partial charge in [0.05, 0.1) is 10.5 Å². The quantitative estimate of drug-likeness (QED) is 0.310. The second-order valence-corrected chi connectivity index (χ2v) is 7.66. The van der Waals surface area contributed by atoms with Gasteiger partial charge >= 0.3 is 12.1 Å². The molecule has 0 bridgehead atoms. The summed E-state index contributed by atoms with van der Waals surface area (Å²) in [6.07, 6.45) is -5.56. The van der Waals surface area contributed by atoms with Crippen molar-refractivity contribution >= 4 is 11.7 Å². The lowest BCUT2D eigenvalue weighted by atomic mass is 9.90. The molecule has 1 heterocycles. The van der Waals surface area contributed by atoms with Crippen LogP contribution in [-0.2, 0) is 26.0 Å². The second kappa shape index (κ2) is 6.84. The molecule has 2 unspecified atom stereocenters. The first kappa shape index (κ1) is 20.8. The molecule has 0 amide bonds. The van der Waals surface area contributed by atoms with Gasteiger partial charge in [0.15, 0.2) is 0 Å². The summed E-state index contributed by atoms with van der Waals surface area (Å²) >= 11 is 0. The van der Waals surface area contributed by atoms with Gasteiger partial charge in [0.25, 0.3) is 5.69 Å². The molecule has 1 saturated heterocycles. The summed E-state index contributed by atoms with van der Waals surface area (Å²) in [7, 11) is 0. The van der Waals surface area contributed by atoms with Gasteiger partial charge in [-0.1, -0.05) is 12.1 Å². The fourth-order valence-electron chi connectivity index (χ4n) is 3.01. The van der Waals surface area contributed by atoms with Crippen molar-refractivity contribution in [3.05, 3.63) is 75.3 Å². The monoisotopic (exact) mass is 409 g/mol. The van der Waals surface area contributed by atoms with Crippen LogP contribution in [0.4, 0.5) is 18.9 Å². The molecule has 154 valence electrons. The van der Waals surface area contributed by atoms with Crippen molar-refractivity contribution in [1.29, 1.82) is 0 Å². The van der Waals surface area contributed by atoms with Crippen molar-refractivity contribution in [2.75, 3.05) is 0 Å². The summed E-state index contributed by atoms with van der Waals surface area (Å²) < 4.78 is 50.3. The highest BCUT2D eigenvalue weighted by molar-refractivity contribution is 5.86. The summed E-state index contributed by atoms with van der Waals surface area (Å²) in [5.74, 6) is -0.777. The van der Waals surface area contributed by atoms with Gasteiger partial charge in [-0.15, -0.1) is 0 Å². The minimum atomic E-state index is -4.55. The Balaban J connectivity index is 2.03. The molecule has 0 radical (unpaired) electrons. The number of epoxide rings is 1. The molecule has 0 saturated carbocycles. The fourth-order valence-corrected chi connectivity index (χ4v) is 3.01. The van der Waals surface area contributed by atoms with E-state index in [-0.39, 0.29) is 16.8 Å². The number of alkyl halides is 3. The van der Waals surface area contributed by atoms with Crippen molar-refractivity contribution in [1.82, 2.24) is 0 Å². The molecule has 2 aromatic carbocycles. The topological polar surface area (TPSA) is 82.0 Å². The van der Waals surface area contributed by atoms with Gasteiger partial charge in [-0.25, -0.2) is 4.79 Å². The number of nitrogens with zero attached hydrogens (tertiary/aromatic N) is 1. The van der Waals surface area contributed by atoms with E-state index in [9.17, 15) is 28.1 Å². The number of rotatable bonds is 4. The highest BCUT2D eigenvalue weighted by Gasteiger charge is 2.66. The van der Waals surface area contributed by atoms with Gasteiger partial charge in [-0.05, 0) is 56.2 Å². The summed E-state index contributed by atoms with van der Waals surface area (Å²) in [5, 5.41) is 10.9. The minimum absolute atomic E-state index is 0.157. The SMILES string of the molecule is CC(C)(C)OC(=O)C1(c2ccc([N+](=O)[O-])cc2)OC1c1cccc(C(F)(F)F)c1. The molecule has 0 N–H and O–H groups in total. The van der Waals surface area contributed by atoms with Crippen LogP contribution in [0.5, 0.6) is 0 Å². The molecule has 3 rings (SSSR count). The molecule has 9 heteroatoms. The lowest BCUT2D eigenvalue weighted by molar-refractivity contribution is -0.384. The van der Waals surface area contributed by atoms with E-state index in [2.05, 4.69) is 0 Å². The van der Waals surface area contributed by atoms with E-state index >= 15 is 0 Å². The standard InChI is InChI=1S/C20H18F3NO5/c1-18(2,3)29-17(25)19(13-7-9-15(10-8-13)24(26)27)16(28-19)12-5-4-6-14(11-12)20(21,22)23/h4-11,16H,1-3H3. The molecular weight excluding hydrogens is 391 g/mol. The second-order valence-electron chi connectivity index (χ2n) is 7.66. The third kappa shape index (κ3) is 4.09. The number of esters is 1. The maximum absolute atomic E-state index is 13.1. The number of carbonyl (C=O) groups excluding carboxylic acids is 1. The van der Waals surface area contributed by atoms with Gasteiger partial charge in [0.2, 0.25) is 5.60 Å². The maximum Gasteiger partial charge on any atom is 0.416 e. The Morgan fingerprint density at radius 1 is 1.14 bits per heavy atom. The van der Waals surface area contributed by atoms with Crippen molar-refractivity contribution < 1.29 is 32.4 Å². The van der Waals surface area contributed by atoms with Crippen LogP contribution in [0, 0.1) is 10.1 Å². The van der Waals surface area contributed by atoms with Crippen LogP contribution in [0.1, 0.15) is 43.6 Å². The van der Waals surface area contributed by atoms with E-state index in [1.807, 2.05) is 0 Å². The van der Waals surface area contributed by atoms with Crippen LogP contribution in [0.3, 0.4) is 0 Å². The number of carbonyl (C=O) groups is 1. The Kier molecular flexibility index (Phi) is 4.90. The van der Waals surface area contributed by atoms with Crippen molar-refractivity contribution in [2.45, 2.75) is 44.3 Å². The number of halogens is 3. The average Bonchev–Trinajstić information content (AvgIpc) is 3.37. The largest absolute Gasteiger partial charge is 0.457 e. The Labute approximate surface area is 164 Å². The Hall–Kier alpha value is -2.94. The average molecular weight is 409 g/mol. The summed E-state index contributed by atoms with van der Waals surface area (Å²) in [6.45, 7) is 4.95. The molecule has 0 aliphatic carbocycles. The molecule has 29 heavy (non-hydrogen) atoms. The number of benzene rings is 2. The number of nitro benzene ring substituents is 1. The van der Waals surface area contributed by atoms with Crippen molar-refractivity contribution in [3.8, 4) is 0 Å². The van der Waals surface area contributed by atoms with Crippen molar-refractivity contribution in [2.24, 2.45) is 0 Å². The van der Waals surface area contributed by atoms with Crippen LogP contribution in [0.2, 0.25) is 0 Å². The van der Waals surface area contributed by atoms with E-state index in [1.54, 1.807) is 20.8 Å². The molecule has 0 spiro atoms. The summed E-state index contributed by atoms with van der Waals surface area (Å²) in [6, 6.07) is 9.59. The first-order valence-electron chi connectivity index (χ1n) is 8.68. The molecule has 2 aromatic rings. The molecule has 6 nitrogen and oxygen atoms in total. The van der Waals surface area contributed by atoms with Crippen LogP contribution in [-0.4, -0.2) is 16.5 Å². The molecule has 1 aliphatic rings. The smallest absolute Gasteiger partial charge is 0.416 e. The Morgan fingerprint density at radius 3 is 2.28 bits per heavy atom. The highest BCUT2D eigenvalue weighted by Crippen LogP contribution is 2.58. The van der Waals surface area contributed by atoms with Crippen LogP contribution >= 0.6 is 0 Å². The van der Waals surface area contributed by atoms with Gasteiger partial charge in [-0.3, -0.25) is 10.1 Å². The normalized spacial score (nSPS) is 21.5. The summed E-state index contributed by atoms with van der Waals surface area (Å²) in [5.41, 5.74) is -3.18. The van der Waals surface area contributed by atoms with E-state index in [0.717, 1.165) is 12.1 Å². The van der Waals surface area contributed by atoms with Gasteiger partial charge < -0.3 is 9.47 Å². The third-order valence-electron chi connectivity index (χ3n) is 4.34. The lowest BCUT2D eigenvalue weighted by Gasteiger charge is -2.23. The molecular formula is C20H18F3NO5. The molecule has 1 aliphatic heterocycles. The van der Waals surface area contributed by atoms with Gasteiger partial charge in [0, 0.05) is 12.1 Å². The van der Waals surface area contributed by atoms with Crippen LogP contribution < -0.4 is 0 Å². The van der Waals surface area contributed by atoms with E-state index < -0.39 is 39.9 Å². The fraction of sp³-hybridized carbons (Fsp3) is 0.350. The van der Waals surface area contributed by atoms with Gasteiger partial charge in [0.1, 0.15) is 11.7 Å². The zero-order valence-electron chi connectivity index (χ0n) is 15.8. The van der Waals surface area contributed by atoms with E-state index in [0.29, 0.717) is 0 Å². The van der Waals surface area contributed by atoms with E-state index in [4.69, 9.17) is 9.47 Å². The highest BCUT2D eigenvalue weighted by atomic mass is 19.4. The molecule has 2 atom stereocenters. The third-order valence-corrected chi connectivity index (χ3v) is 4.34. The Bertz CT molecular complexity index is 950. The number of hydrogen-bond acceptors (Lipinski definition) is 5. The lowest BCUT2D eigenvalue weighted by Crippen LogP contribution is -2.33. The van der Waals surface area contributed by atoms with E-state index in [1.165, 1.54) is 36.4 Å². The first-order valence-corrected chi connectivity index (χ1v) is 8.68. The van der Waals surface area contributed by atoms with Crippen molar-refractivity contribution in [3.63, 3.8) is 0 Å². The van der Waals surface area contributed by atoms with Crippen LogP contribution in [0.25, 0.3) is 0 Å². The van der Waals surface area contributed by atoms with Gasteiger partial charge in [-0.2, -0.15) is 13.2 Å². The predicted molar refractivity (Wildman–Crippen MR) is 95.9 cm³/mol.